The van der Waals surface area contributed by atoms with Crippen LogP contribution in [0.4, 0.5) is 4.39 Å². The highest BCUT2D eigenvalue weighted by Gasteiger charge is 2.16. The van der Waals surface area contributed by atoms with Gasteiger partial charge < -0.3 is 13.7 Å². The van der Waals surface area contributed by atoms with Crippen LogP contribution in [0, 0.1) is 5.82 Å². The minimum atomic E-state index is -0.422. The largest absolute Gasteiger partial charge is 0.493 e. The molecular weight excluding hydrogens is 347 g/mol. The van der Waals surface area contributed by atoms with Crippen LogP contribution < -0.4 is 4.74 Å². The number of carbonyl (C=O) groups excluding carboxylic acids is 1. The second-order valence-corrected chi connectivity index (χ2v) is 5.84. The Hall–Kier alpha value is -3.67. The maximum Gasteiger partial charge on any atom is 0.248 e. The Bertz CT molecular complexity index is 1100. The van der Waals surface area contributed by atoms with Gasteiger partial charge in [0.25, 0.3) is 0 Å². The Kier molecular flexibility index (Phi) is 4.30. The fourth-order valence-electron chi connectivity index (χ4n) is 2.89. The molecule has 0 radical (unpaired) electrons. The number of ether oxygens (including phenoxy) is 1. The van der Waals surface area contributed by atoms with Gasteiger partial charge in [0.2, 0.25) is 5.78 Å². The fourth-order valence-corrected chi connectivity index (χ4v) is 2.89. The Morgan fingerprint density at radius 3 is 2.78 bits per heavy atom. The van der Waals surface area contributed by atoms with E-state index in [1.807, 2.05) is 24.3 Å². The van der Waals surface area contributed by atoms with Crippen LogP contribution in [0.15, 0.2) is 77.8 Å². The van der Waals surface area contributed by atoms with Gasteiger partial charge in [0.15, 0.2) is 17.3 Å². The number of furan rings is 1. The molecule has 0 atom stereocenters. The first-order valence-electron chi connectivity index (χ1n) is 8.23. The number of ketones is 1. The van der Waals surface area contributed by atoms with Crippen LogP contribution in [-0.4, -0.2) is 22.4 Å². The molecule has 134 valence electrons. The van der Waals surface area contributed by atoms with Crippen LogP contribution in [0.1, 0.15) is 16.2 Å². The van der Waals surface area contributed by atoms with E-state index in [0.717, 1.165) is 11.3 Å². The summed E-state index contributed by atoms with van der Waals surface area (Å²) < 4.78 is 26.1. The van der Waals surface area contributed by atoms with Crippen molar-refractivity contribution in [1.29, 1.82) is 0 Å². The Morgan fingerprint density at radius 1 is 1.15 bits per heavy atom. The monoisotopic (exact) mass is 362 g/mol. The fraction of sp³-hybridized carbons (Fsp3) is 0.0476. The molecule has 0 unspecified atom stereocenters. The summed E-state index contributed by atoms with van der Waals surface area (Å²) in [4.78, 5) is 16.5. The van der Waals surface area contributed by atoms with Crippen LogP contribution in [-0.2, 0) is 0 Å². The number of para-hydroxylation sites is 1. The van der Waals surface area contributed by atoms with Crippen molar-refractivity contribution < 1.29 is 18.3 Å². The third-order valence-corrected chi connectivity index (χ3v) is 4.19. The smallest absolute Gasteiger partial charge is 0.248 e. The quantitative estimate of drug-likeness (QED) is 0.490. The summed E-state index contributed by atoms with van der Waals surface area (Å²) in [5.41, 5.74) is 2.49. The molecule has 0 saturated carbocycles. The number of benzene rings is 2. The molecular formula is C21H15FN2O3. The van der Waals surface area contributed by atoms with Crippen molar-refractivity contribution in [2.24, 2.45) is 0 Å². The number of carbonyl (C=O) groups is 1. The van der Waals surface area contributed by atoms with Crippen molar-refractivity contribution in [3.8, 4) is 22.6 Å². The molecule has 2 heterocycles. The normalized spacial score (nSPS) is 10.7. The van der Waals surface area contributed by atoms with E-state index in [0.29, 0.717) is 5.56 Å². The number of methoxy groups -OCH3 is 1. The van der Waals surface area contributed by atoms with E-state index in [4.69, 9.17) is 9.15 Å². The lowest BCUT2D eigenvalue weighted by Gasteiger charge is -2.11. The van der Waals surface area contributed by atoms with Crippen molar-refractivity contribution in [3.63, 3.8) is 0 Å². The molecule has 0 aliphatic heterocycles. The van der Waals surface area contributed by atoms with E-state index in [-0.39, 0.29) is 23.0 Å². The molecule has 4 aromatic rings. The molecule has 0 bridgehead atoms. The first-order valence-corrected chi connectivity index (χ1v) is 8.23. The third-order valence-electron chi connectivity index (χ3n) is 4.19. The average molecular weight is 362 g/mol. The van der Waals surface area contributed by atoms with Gasteiger partial charge in [-0.1, -0.05) is 24.3 Å². The lowest BCUT2D eigenvalue weighted by atomic mass is 10.0. The first kappa shape index (κ1) is 16.8. The molecule has 6 heteroatoms. The SMILES string of the molecule is COc1c(F)cccc1-c1cccc(-n2cnc(C(=O)c3ccco3)c2)c1. The number of rotatable bonds is 5. The molecule has 5 nitrogen and oxygen atoms in total. The minimum absolute atomic E-state index is 0.189. The third kappa shape index (κ3) is 3.13. The number of nitrogens with zero attached hydrogens (tertiary/aromatic N) is 2. The molecule has 4 rings (SSSR count). The van der Waals surface area contributed by atoms with Gasteiger partial charge in [-0.15, -0.1) is 0 Å². The lowest BCUT2D eigenvalue weighted by molar-refractivity contribution is 0.100. The molecule has 0 amide bonds. The zero-order valence-electron chi connectivity index (χ0n) is 14.4. The standard InChI is InChI=1S/C21H15FN2O3/c1-26-21-16(7-3-8-17(21)22)14-5-2-6-15(11-14)24-12-18(23-13-24)20(25)19-9-4-10-27-19/h2-13H,1H3. The molecule has 0 aliphatic carbocycles. The number of halogens is 1. The van der Waals surface area contributed by atoms with Crippen molar-refractivity contribution in [2.75, 3.05) is 7.11 Å². The van der Waals surface area contributed by atoms with Crippen molar-refractivity contribution in [3.05, 3.63) is 90.7 Å². The summed E-state index contributed by atoms with van der Waals surface area (Å²) in [5.74, 6) is -0.288. The highest BCUT2D eigenvalue weighted by molar-refractivity contribution is 6.05. The van der Waals surface area contributed by atoms with Crippen LogP contribution >= 0.6 is 0 Å². The summed E-state index contributed by atoms with van der Waals surface area (Å²) in [6, 6.07) is 15.5. The summed E-state index contributed by atoms with van der Waals surface area (Å²) in [6.07, 6.45) is 4.63. The summed E-state index contributed by atoms with van der Waals surface area (Å²) in [6.45, 7) is 0. The van der Waals surface area contributed by atoms with Crippen molar-refractivity contribution in [2.45, 2.75) is 0 Å². The summed E-state index contributed by atoms with van der Waals surface area (Å²) in [7, 11) is 1.44. The minimum Gasteiger partial charge on any atom is -0.493 e. The topological polar surface area (TPSA) is 57.3 Å². The number of hydrogen-bond acceptors (Lipinski definition) is 4. The lowest BCUT2D eigenvalue weighted by Crippen LogP contribution is -1.99. The van der Waals surface area contributed by atoms with Gasteiger partial charge in [0.1, 0.15) is 12.0 Å². The number of aromatic nitrogens is 2. The van der Waals surface area contributed by atoms with Gasteiger partial charge in [-0.3, -0.25) is 4.79 Å². The van der Waals surface area contributed by atoms with E-state index in [2.05, 4.69) is 4.98 Å². The zero-order valence-corrected chi connectivity index (χ0v) is 14.4. The van der Waals surface area contributed by atoms with Crippen LogP contribution in [0.3, 0.4) is 0 Å². The molecule has 0 aliphatic rings. The molecule has 0 fully saturated rings. The van der Waals surface area contributed by atoms with Gasteiger partial charge >= 0.3 is 0 Å². The molecule has 0 saturated heterocycles. The van der Waals surface area contributed by atoms with Crippen LogP contribution in [0.5, 0.6) is 5.75 Å². The second-order valence-electron chi connectivity index (χ2n) is 5.84. The Morgan fingerprint density at radius 2 is 2.00 bits per heavy atom. The molecule has 0 N–H and O–H groups in total. The first-order chi connectivity index (χ1) is 13.2. The number of imidazole rings is 1. The van der Waals surface area contributed by atoms with E-state index in [9.17, 15) is 9.18 Å². The molecule has 0 spiro atoms. The highest BCUT2D eigenvalue weighted by Crippen LogP contribution is 2.33. The van der Waals surface area contributed by atoms with Crippen LogP contribution in [0.2, 0.25) is 0 Å². The van der Waals surface area contributed by atoms with Crippen LogP contribution in [0.25, 0.3) is 16.8 Å². The van der Waals surface area contributed by atoms with E-state index >= 15 is 0 Å². The molecule has 2 aromatic carbocycles. The van der Waals surface area contributed by atoms with Gasteiger partial charge in [-0.25, -0.2) is 9.37 Å². The maximum absolute atomic E-state index is 14.0. The molecule has 27 heavy (non-hydrogen) atoms. The summed E-state index contributed by atoms with van der Waals surface area (Å²) in [5, 5.41) is 0. The predicted octanol–water partition coefficient (Wildman–Crippen LogP) is 4.51. The van der Waals surface area contributed by atoms with Crippen molar-refractivity contribution in [1.82, 2.24) is 9.55 Å². The average Bonchev–Trinajstić information content (AvgIpc) is 3.39. The van der Waals surface area contributed by atoms with Gasteiger partial charge in [0.05, 0.1) is 13.4 Å². The van der Waals surface area contributed by atoms with Gasteiger partial charge in [0, 0.05) is 17.4 Å². The molecule has 2 aromatic heterocycles. The van der Waals surface area contributed by atoms with Gasteiger partial charge in [-0.05, 0) is 35.9 Å². The second kappa shape index (κ2) is 6.92. The maximum atomic E-state index is 14.0. The van der Waals surface area contributed by atoms with Crippen molar-refractivity contribution >= 4 is 5.78 Å². The summed E-state index contributed by atoms with van der Waals surface area (Å²) >= 11 is 0. The van der Waals surface area contributed by atoms with E-state index < -0.39 is 5.82 Å². The van der Waals surface area contributed by atoms with E-state index in [1.54, 1.807) is 41.4 Å². The van der Waals surface area contributed by atoms with E-state index in [1.165, 1.54) is 19.4 Å². The Labute approximate surface area is 154 Å². The zero-order chi connectivity index (χ0) is 18.8. The number of hydrogen-bond donors (Lipinski definition) is 0. The highest BCUT2D eigenvalue weighted by atomic mass is 19.1. The van der Waals surface area contributed by atoms with Gasteiger partial charge in [-0.2, -0.15) is 0 Å². The Balaban J connectivity index is 1.70. The predicted molar refractivity (Wildman–Crippen MR) is 97.7 cm³/mol.